The van der Waals surface area contributed by atoms with Gasteiger partial charge in [0.05, 0.1) is 0 Å². The minimum Gasteiger partial charge on any atom is -0.341 e. The van der Waals surface area contributed by atoms with E-state index >= 15 is 0 Å². The zero-order valence-corrected chi connectivity index (χ0v) is 22.9. The number of hydrogen-bond acceptors (Lipinski definition) is 3. The van der Waals surface area contributed by atoms with Crippen LogP contribution >= 0.6 is 0 Å². The monoisotopic (exact) mass is 495 g/mol. The summed E-state index contributed by atoms with van der Waals surface area (Å²) >= 11 is 0. The predicted molar refractivity (Wildman–Crippen MR) is 165 cm³/mol. The quantitative estimate of drug-likeness (QED) is 0.183. The van der Waals surface area contributed by atoms with Gasteiger partial charge in [-0.3, -0.25) is 9.36 Å². The Morgan fingerprint density at radius 2 is 1.54 bits per heavy atom. The van der Waals surface area contributed by atoms with Gasteiger partial charge in [-0.1, -0.05) is 93.6 Å². The highest BCUT2D eigenvalue weighted by Gasteiger charge is 2.14. The first-order valence-electron chi connectivity index (χ1n) is 12.8. The molecule has 0 radical (unpaired) electrons. The molecule has 0 spiro atoms. The smallest absolute Gasteiger partial charge is 0.189 e. The number of pyridine rings is 1. The van der Waals surface area contributed by atoms with Crippen LogP contribution in [0.2, 0.25) is 0 Å². The Hall–Kier alpha value is -4.18. The fourth-order valence-corrected chi connectivity index (χ4v) is 3.51. The lowest BCUT2D eigenvalue weighted by atomic mass is 10.1. The molecular weight excluding hydrogens is 454 g/mol. The van der Waals surface area contributed by atoms with E-state index in [1.165, 1.54) is 5.56 Å². The van der Waals surface area contributed by atoms with Crippen LogP contribution in [0, 0.1) is 0 Å². The zero-order valence-electron chi connectivity index (χ0n) is 22.9. The van der Waals surface area contributed by atoms with E-state index in [0.29, 0.717) is 23.6 Å². The van der Waals surface area contributed by atoms with E-state index in [1.54, 1.807) is 6.07 Å². The summed E-state index contributed by atoms with van der Waals surface area (Å²) in [6, 6.07) is 21.7. The van der Waals surface area contributed by atoms with Crippen molar-refractivity contribution in [2.45, 2.75) is 47.5 Å². The molecule has 0 amide bonds. The van der Waals surface area contributed by atoms with Gasteiger partial charge in [0.15, 0.2) is 5.43 Å². The second-order valence-corrected chi connectivity index (χ2v) is 7.67. The van der Waals surface area contributed by atoms with E-state index in [0.717, 1.165) is 17.8 Å². The molecule has 3 rings (SSSR count). The van der Waals surface area contributed by atoms with Crippen molar-refractivity contribution >= 4 is 29.2 Å². The van der Waals surface area contributed by atoms with Gasteiger partial charge in [-0.2, -0.15) is 0 Å². The van der Waals surface area contributed by atoms with E-state index in [4.69, 9.17) is 4.99 Å². The van der Waals surface area contributed by atoms with Gasteiger partial charge >= 0.3 is 0 Å². The summed E-state index contributed by atoms with van der Waals surface area (Å²) in [7, 11) is 0. The average Bonchev–Trinajstić information content (AvgIpc) is 2.93. The summed E-state index contributed by atoms with van der Waals surface area (Å²) in [6.07, 6.45) is 13.1. The fourth-order valence-electron chi connectivity index (χ4n) is 3.51. The molecule has 4 nitrogen and oxygen atoms in total. The van der Waals surface area contributed by atoms with Crippen molar-refractivity contribution in [3.8, 4) is 0 Å². The third-order valence-electron chi connectivity index (χ3n) is 5.08. The fraction of sp³-hybridized carbons (Fsp3) is 0.212. The van der Waals surface area contributed by atoms with Crippen molar-refractivity contribution in [1.82, 2.24) is 4.57 Å². The van der Waals surface area contributed by atoms with Gasteiger partial charge < -0.3 is 5.32 Å². The number of nitrogens with zero attached hydrogens (tertiary/aromatic N) is 2. The Morgan fingerprint density at radius 3 is 2.14 bits per heavy atom. The van der Waals surface area contributed by atoms with E-state index < -0.39 is 0 Å². The summed E-state index contributed by atoms with van der Waals surface area (Å²) in [5.74, 6) is 1.33. The highest BCUT2D eigenvalue weighted by Crippen LogP contribution is 2.26. The molecule has 2 aromatic carbocycles. The maximum Gasteiger partial charge on any atom is 0.189 e. The number of para-hydroxylation sites is 1. The summed E-state index contributed by atoms with van der Waals surface area (Å²) in [6.45, 7) is 16.0. The first-order valence-corrected chi connectivity index (χ1v) is 12.8. The SMILES string of the molecule is C=C.CC.C\C=C/C=C\C=C\n1c(Nc2ccccc2)cc(=O)c(CC)c1/N=C(\C)Cc1ccccc1. The van der Waals surface area contributed by atoms with Gasteiger partial charge in [-0.15, -0.1) is 13.2 Å². The molecular formula is C33H41N3O. The summed E-state index contributed by atoms with van der Waals surface area (Å²) in [5, 5.41) is 3.38. The van der Waals surface area contributed by atoms with Crippen molar-refractivity contribution in [3.05, 3.63) is 132 Å². The molecule has 1 heterocycles. The number of anilines is 2. The molecule has 0 bridgehead atoms. The van der Waals surface area contributed by atoms with Gasteiger partial charge in [0, 0.05) is 35.6 Å². The molecule has 1 N–H and O–H groups in total. The molecule has 4 heteroatoms. The average molecular weight is 496 g/mol. The second kappa shape index (κ2) is 18.1. The number of benzene rings is 2. The van der Waals surface area contributed by atoms with Gasteiger partial charge in [-0.25, -0.2) is 4.99 Å². The summed E-state index contributed by atoms with van der Waals surface area (Å²) in [4.78, 5) is 18.0. The molecule has 0 aliphatic rings. The predicted octanol–water partition coefficient (Wildman–Crippen LogP) is 8.92. The normalized spacial score (nSPS) is 11.2. The Balaban J connectivity index is 0.00000163. The lowest BCUT2D eigenvalue weighted by molar-refractivity contribution is 1.01. The lowest BCUT2D eigenvalue weighted by Crippen LogP contribution is -2.15. The first kappa shape index (κ1) is 30.9. The third-order valence-corrected chi connectivity index (χ3v) is 5.08. The van der Waals surface area contributed by atoms with Crippen LogP contribution in [0.4, 0.5) is 17.3 Å². The van der Waals surface area contributed by atoms with E-state index in [-0.39, 0.29) is 5.43 Å². The van der Waals surface area contributed by atoms with Crippen molar-refractivity contribution in [3.63, 3.8) is 0 Å². The van der Waals surface area contributed by atoms with E-state index in [9.17, 15) is 4.79 Å². The molecule has 0 aliphatic carbocycles. The van der Waals surface area contributed by atoms with Crippen LogP contribution in [0.5, 0.6) is 0 Å². The minimum atomic E-state index is -0.0173. The molecule has 1 aromatic heterocycles. The molecule has 0 aliphatic heterocycles. The number of aliphatic imine (C=N–C) groups is 1. The third kappa shape index (κ3) is 10.1. The number of aromatic nitrogens is 1. The van der Waals surface area contributed by atoms with Crippen LogP contribution in [0.1, 0.15) is 45.7 Å². The number of nitrogens with one attached hydrogen (secondary N) is 1. The van der Waals surface area contributed by atoms with Gasteiger partial charge in [-0.05, 0) is 44.0 Å². The highest BCUT2D eigenvalue weighted by molar-refractivity contribution is 5.87. The highest BCUT2D eigenvalue weighted by atomic mass is 16.1. The van der Waals surface area contributed by atoms with Crippen molar-refractivity contribution in [1.29, 1.82) is 0 Å². The molecule has 0 saturated heterocycles. The second-order valence-electron chi connectivity index (χ2n) is 7.67. The molecule has 0 fully saturated rings. The minimum absolute atomic E-state index is 0.0173. The molecule has 194 valence electrons. The Morgan fingerprint density at radius 1 is 0.946 bits per heavy atom. The van der Waals surface area contributed by atoms with Crippen LogP contribution in [0.15, 0.2) is 120 Å². The number of allylic oxidation sites excluding steroid dienone is 5. The maximum absolute atomic E-state index is 13.0. The Bertz CT molecular complexity index is 1230. The maximum atomic E-state index is 13.0. The first-order chi connectivity index (χ1) is 18.1. The number of hydrogen-bond donors (Lipinski definition) is 1. The van der Waals surface area contributed by atoms with E-state index in [1.807, 2.05) is 124 Å². The van der Waals surface area contributed by atoms with Crippen LogP contribution in [0.3, 0.4) is 0 Å². The molecule has 0 atom stereocenters. The molecule has 3 aromatic rings. The molecule has 37 heavy (non-hydrogen) atoms. The van der Waals surface area contributed by atoms with Crippen LogP contribution in [-0.2, 0) is 12.8 Å². The standard InChI is InChI=1S/C29H31N3O.C2H6.C2H4/c1-4-6-7-8-15-20-32-28(31-25-18-13-10-14-19-25)22-27(33)26(5-2)29(32)30-23(3)21-24-16-11-9-12-17-24;2*1-2/h4,6-20,22,31H,5,21H2,1-3H3;1-2H3;1-2H2/b6-4-,8-7-,20-15+,30-23+;;. The van der Waals surface area contributed by atoms with Crippen LogP contribution in [0.25, 0.3) is 6.20 Å². The number of rotatable bonds is 9. The molecule has 0 saturated carbocycles. The van der Waals surface area contributed by atoms with Crippen molar-refractivity contribution in [2.24, 2.45) is 4.99 Å². The Labute approximate surface area is 223 Å². The molecule has 0 unspecified atom stereocenters. The Kier molecular flexibility index (Phi) is 15.1. The summed E-state index contributed by atoms with van der Waals surface area (Å²) < 4.78 is 1.96. The van der Waals surface area contributed by atoms with Gasteiger partial charge in [0.1, 0.15) is 11.6 Å². The topological polar surface area (TPSA) is 46.4 Å². The van der Waals surface area contributed by atoms with Gasteiger partial charge in [0.25, 0.3) is 0 Å². The van der Waals surface area contributed by atoms with E-state index in [2.05, 4.69) is 30.6 Å². The lowest BCUT2D eigenvalue weighted by Gasteiger charge is -2.18. The van der Waals surface area contributed by atoms with Crippen LogP contribution < -0.4 is 10.7 Å². The van der Waals surface area contributed by atoms with Crippen molar-refractivity contribution in [2.75, 3.05) is 5.32 Å². The largest absolute Gasteiger partial charge is 0.341 e. The summed E-state index contributed by atoms with van der Waals surface area (Å²) in [5.41, 5.74) is 3.72. The van der Waals surface area contributed by atoms with Crippen LogP contribution in [-0.4, -0.2) is 10.3 Å². The van der Waals surface area contributed by atoms with Gasteiger partial charge in [0.2, 0.25) is 0 Å². The van der Waals surface area contributed by atoms with Crippen molar-refractivity contribution < 1.29 is 0 Å². The zero-order chi connectivity index (χ0) is 27.5.